The molecule has 1 fully saturated rings. The number of hydrogen-bond donors (Lipinski definition) is 1. The molecule has 2 atom stereocenters. The van der Waals surface area contributed by atoms with Crippen LogP contribution in [0.3, 0.4) is 0 Å². The van der Waals surface area contributed by atoms with Crippen LogP contribution in [0.5, 0.6) is 5.75 Å². The van der Waals surface area contributed by atoms with Crippen molar-refractivity contribution >= 4 is 11.7 Å². The summed E-state index contributed by atoms with van der Waals surface area (Å²) < 4.78 is 54.9. The molecule has 3 heterocycles. The molecule has 142 valence electrons. The fraction of sp³-hybridized carbons (Fsp3) is 0.333. The van der Waals surface area contributed by atoms with E-state index in [1.807, 2.05) is 0 Å². The zero-order chi connectivity index (χ0) is 19.2. The summed E-state index contributed by atoms with van der Waals surface area (Å²) in [6, 6.07) is 5.93. The molecule has 1 saturated heterocycles. The lowest BCUT2D eigenvalue weighted by molar-refractivity contribution is -0.274. The number of alkyl halides is 3. The smallest absolute Gasteiger partial charge is 0.406 e. The summed E-state index contributed by atoms with van der Waals surface area (Å²) in [7, 11) is 0. The highest BCUT2D eigenvalue weighted by molar-refractivity contribution is 5.90. The average molecular weight is 381 g/mol. The van der Waals surface area contributed by atoms with Gasteiger partial charge < -0.3 is 15.0 Å². The van der Waals surface area contributed by atoms with Gasteiger partial charge in [-0.05, 0) is 43.0 Å². The highest BCUT2D eigenvalue weighted by atomic mass is 19.4. The van der Waals surface area contributed by atoms with E-state index in [1.165, 1.54) is 18.3 Å². The van der Waals surface area contributed by atoms with Gasteiger partial charge in [0.05, 0.1) is 6.04 Å². The number of amides is 2. The molecule has 2 aromatic rings. The van der Waals surface area contributed by atoms with Gasteiger partial charge in [0.15, 0.2) is 0 Å². The van der Waals surface area contributed by atoms with E-state index in [1.54, 1.807) is 11.0 Å². The average Bonchev–Trinajstić information content (AvgIpc) is 2.90. The first kappa shape index (κ1) is 17.6. The minimum atomic E-state index is -4.81. The lowest BCUT2D eigenvalue weighted by Crippen LogP contribution is -2.44. The maximum Gasteiger partial charge on any atom is 0.573 e. The number of halogens is 4. The molecule has 9 heteroatoms. The highest BCUT2D eigenvalue weighted by Gasteiger charge is 2.43. The molecule has 0 aliphatic carbocycles. The van der Waals surface area contributed by atoms with Crippen molar-refractivity contribution in [1.82, 2.24) is 9.88 Å². The van der Waals surface area contributed by atoms with Crippen LogP contribution in [0.25, 0.3) is 0 Å². The zero-order valence-corrected chi connectivity index (χ0v) is 14.0. The van der Waals surface area contributed by atoms with Crippen LogP contribution >= 0.6 is 0 Å². The van der Waals surface area contributed by atoms with Crippen molar-refractivity contribution in [1.29, 1.82) is 0 Å². The van der Waals surface area contributed by atoms with E-state index >= 15 is 0 Å². The van der Waals surface area contributed by atoms with E-state index in [-0.39, 0.29) is 17.8 Å². The van der Waals surface area contributed by atoms with Gasteiger partial charge in [-0.3, -0.25) is 0 Å². The number of aromatic nitrogens is 1. The van der Waals surface area contributed by atoms with Gasteiger partial charge in [-0.25, -0.2) is 9.78 Å². The molecular formula is C18H15F4N3O2. The molecule has 2 bridgehead atoms. The number of pyridine rings is 1. The fourth-order valence-electron chi connectivity index (χ4n) is 3.89. The van der Waals surface area contributed by atoms with E-state index in [9.17, 15) is 22.4 Å². The second-order valence-corrected chi connectivity index (χ2v) is 6.53. The fourth-order valence-corrected chi connectivity index (χ4v) is 3.89. The molecule has 1 N–H and O–H groups in total. The van der Waals surface area contributed by atoms with Crippen molar-refractivity contribution in [3.63, 3.8) is 0 Å². The van der Waals surface area contributed by atoms with Crippen LogP contribution in [0.2, 0.25) is 0 Å². The second kappa shape index (κ2) is 6.40. The number of nitrogens with zero attached hydrogens (tertiary/aromatic N) is 2. The summed E-state index contributed by atoms with van der Waals surface area (Å²) in [4.78, 5) is 18.1. The predicted molar refractivity (Wildman–Crippen MR) is 87.6 cm³/mol. The van der Waals surface area contributed by atoms with Crippen LogP contribution in [0.15, 0.2) is 36.5 Å². The Bertz CT molecular complexity index is 887. The van der Waals surface area contributed by atoms with E-state index in [0.29, 0.717) is 18.4 Å². The zero-order valence-electron chi connectivity index (χ0n) is 14.0. The number of carbonyl (C=O) groups is 1. The number of nitrogens with one attached hydrogen (secondary N) is 1. The molecule has 1 aromatic heterocycles. The van der Waals surface area contributed by atoms with Gasteiger partial charge in [0.2, 0.25) is 5.95 Å². The molecule has 0 spiro atoms. The number of carbonyl (C=O) groups excluding carboxylic acids is 1. The minimum Gasteiger partial charge on any atom is -0.406 e. The first-order chi connectivity index (χ1) is 12.8. The number of ether oxygens (including phenoxy) is 1. The molecule has 4 rings (SSSR count). The quantitative estimate of drug-likeness (QED) is 0.619. The SMILES string of the molecule is O=C(Nc1cccc(OC(F)(F)F)c1)N1[C@H]2CC[C@@H]1c1ccnc(F)c1C2. The Morgan fingerprint density at radius 1 is 1.26 bits per heavy atom. The standard InChI is InChI=1S/C18H15F4N3O2/c19-16-14-9-11-4-5-15(13(14)6-7-23-16)25(11)17(26)24-10-2-1-3-12(8-10)27-18(20,21)22/h1-3,6-8,11,15H,4-5,9H2,(H,24,26)/t11-,15+/m0/s1. The Balaban J connectivity index is 1.54. The third-order valence-electron chi connectivity index (χ3n) is 4.89. The molecule has 0 saturated carbocycles. The monoisotopic (exact) mass is 381 g/mol. The van der Waals surface area contributed by atoms with Crippen molar-refractivity contribution in [2.45, 2.75) is 37.7 Å². The van der Waals surface area contributed by atoms with Crippen molar-refractivity contribution in [3.8, 4) is 5.75 Å². The summed E-state index contributed by atoms with van der Waals surface area (Å²) in [5.41, 5.74) is 1.46. The van der Waals surface area contributed by atoms with Crippen LogP contribution in [0.4, 0.5) is 28.0 Å². The number of anilines is 1. The van der Waals surface area contributed by atoms with Crippen molar-refractivity contribution in [3.05, 3.63) is 53.6 Å². The lowest BCUT2D eigenvalue weighted by atomic mass is 9.95. The highest BCUT2D eigenvalue weighted by Crippen LogP contribution is 2.44. The normalized spacial score (nSPS) is 21.0. The van der Waals surface area contributed by atoms with Crippen LogP contribution in [0, 0.1) is 5.95 Å². The molecule has 5 nitrogen and oxygen atoms in total. The van der Waals surface area contributed by atoms with Crippen molar-refractivity contribution in [2.75, 3.05) is 5.32 Å². The third kappa shape index (κ3) is 3.41. The summed E-state index contributed by atoms with van der Waals surface area (Å²) in [6.45, 7) is 0. The lowest BCUT2D eigenvalue weighted by Gasteiger charge is -2.36. The molecular weight excluding hydrogens is 366 g/mol. The number of benzene rings is 1. The van der Waals surface area contributed by atoms with Crippen LogP contribution < -0.4 is 10.1 Å². The minimum absolute atomic E-state index is 0.171. The van der Waals surface area contributed by atoms with E-state index < -0.39 is 24.1 Å². The van der Waals surface area contributed by atoms with Gasteiger partial charge in [-0.1, -0.05) is 6.07 Å². The maximum atomic E-state index is 14.0. The number of fused-ring (bicyclic) bond motifs is 4. The number of hydrogen-bond acceptors (Lipinski definition) is 3. The van der Waals surface area contributed by atoms with Crippen molar-refractivity contribution in [2.24, 2.45) is 0 Å². The van der Waals surface area contributed by atoms with E-state index in [2.05, 4.69) is 15.0 Å². The number of rotatable bonds is 2. The van der Waals surface area contributed by atoms with Crippen LogP contribution in [-0.2, 0) is 6.42 Å². The summed E-state index contributed by atoms with van der Waals surface area (Å²) in [6.07, 6.45) is -1.64. The molecule has 0 unspecified atom stereocenters. The number of urea groups is 1. The first-order valence-electron chi connectivity index (χ1n) is 8.40. The Hall–Kier alpha value is -2.84. The van der Waals surface area contributed by atoms with Gasteiger partial charge in [0.25, 0.3) is 0 Å². The van der Waals surface area contributed by atoms with E-state index in [0.717, 1.165) is 24.1 Å². The summed E-state index contributed by atoms with van der Waals surface area (Å²) in [5.74, 6) is -0.929. The van der Waals surface area contributed by atoms with Gasteiger partial charge in [-0.2, -0.15) is 4.39 Å². The molecule has 27 heavy (non-hydrogen) atoms. The van der Waals surface area contributed by atoms with Crippen LogP contribution in [0.1, 0.15) is 30.0 Å². The summed E-state index contributed by atoms with van der Waals surface area (Å²) in [5, 5.41) is 2.61. The Labute approximate surface area is 151 Å². The Morgan fingerprint density at radius 2 is 2.07 bits per heavy atom. The Kier molecular flexibility index (Phi) is 4.16. The third-order valence-corrected chi connectivity index (χ3v) is 4.89. The largest absolute Gasteiger partial charge is 0.573 e. The van der Waals surface area contributed by atoms with Gasteiger partial charge >= 0.3 is 12.4 Å². The molecule has 2 aliphatic rings. The molecule has 2 amide bonds. The van der Waals surface area contributed by atoms with Crippen molar-refractivity contribution < 1.29 is 27.1 Å². The van der Waals surface area contributed by atoms with Gasteiger partial charge in [-0.15, -0.1) is 13.2 Å². The topological polar surface area (TPSA) is 54.5 Å². The molecule has 2 aliphatic heterocycles. The second-order valence-electron chi connectivity index (χ2n) is 6.53. The summed E-state index contributed by atoms with van der Waals surface area (Å²) >= 11 is 0. The first-order valence-corrected chi connectivity index (χ1v) is 8.40. The van der Waals surface area contributed by atoms with Gasteiger partial charge in [0, 0.05) is 29.6 Å². The van der Waals surface area contributed by atoms with E-state index in [4.69, 9.17) is 0 Å². The molecule has 0 radical (unpaired) electrons. The Morgan fingerprint density at radius 3 is 2.85 bits per heavy atom. The maximum absolute atomic E-state index is 14.0. The van der Waals surface area contributed by atoms with Gasteiger partial charge in [0.1, 0.15) is 5.75 Å². The van der Waals surface area contributed by atoms with Crippen LogP contribution in [-0.4, -0.2) is 28.3 Å². The molecule has 1 aromatic carbocycles. The predicted octanol–water partition coefficient (Wildman–Crippen LogP) is 4.41.